The summed E-state index contributed by atoms with van der Waals surface area (Å²) < 4.78 is 34.5. The number of esters is 1. The second kappa shape index (κ2) is 18.3. The molecule has 6 nitrogen and oxygen atoms in total. The molecule has 0 spiro atoms. The summed E-state index contributed by atoms with van der Waals surface area (Å²) in [6.45, 7) is 2.33. The monoisotopic (exact) mass is 617 g/mol. The van der Waals surface area contributed by atoms with Gasteiger partial charge < -0.3 is 14.4 Å². The molecule has 7 heteroatoms. The minimum Gasteiger partial charge on any atom is -0.494 e. The van der Waals surface area contributed by atoms with Crippen molar-refractivity contribution in [3.63, 3.8) is 0 Å². The van der Waals surface area contributed by atoms with Crippen LogP contribution in [0.1, 0.15) is 69.8 Å². The Morgan fingerprint density at radius 2 is 1.20 bits per heavy atom. The highest BCUT2D eigenvalue weighted by molar-refractivity contribution is 7.91. The van der Waals surface area contributed by atoms with Gasteiger partial charge in [-0.05, 0) is 59.9 Å². The van der Waals surface area contributed by atoms with Crippen LogP contribution in [0.5, 0.6) is 5.75 Å². The highest BCUT2D eigenvalue weighted by Gasteiger charge is 2.21. The van der Waals surface area contributed by atoms with Gasteiger partial charge in [-0.1, -0.05) is 106 Å². The lowest BCUT2D eigenvalue weighted by Gasteiger charge is -2.28. The Morgan fingerprint density at radius 3 is 1.82 bits per heavy atom. The van der Waals surface area contributed by atoms with E-state index in [1.54, 1.807) is 6.08 Å². The Bertz CT molecular complexity index is 1370. The third kappa shape index (κ3) is 12.2. The summed E-state index contributed by atoms with van der Waals surface area (Å²) in [6, 6.07) is 26.4. The lowest BCUT2D eigenvalue weighted by atomic mass is 10.0. The van der Waals surface area contributed by atoms with Gasteiger partial charge in [-0.3, -0.25) is 0 Å². The quantitative estimate of drug-likeness (QED) is 0.0815. The molecule has 0 aromatic heterocycles. The Morgan fingerprint density at radius 1 is 0.659 bits per heavy atom. The predicted octanol–water partition coefficient (Wildman–Crippen LogP) is 8.12. The van der Waals surface area contributed by atoms with Crippen molar-refractivity contribution in [1.29, 1.82) is 0 Å². The maximum atomic E-state index is 12.0. The van der Waals surface area contributed by atoms with Crippen LogP contribution in [0.15, 0.2) is 84.9 Å². The molecule has 3 aromatic carbocycles. The molecule has 1 heterocycles. The fourth-order valence-electron chi connectivity index (χ4n) is 5.33. The highest BCUT2D eigenvalue weighted by atomic mass is 32.2. The molecular formula is C37H47NO5S. The van der Waals surface area contributed by atoms with Crippen LogP contribution < -0.4 is 9.64 Å². The zero-order chi connectivity index (χ0) is 30.9. The maximum absolute atomic E-state index is 12.0. The molecule has 3 aromatic rings. The fraction of sp³-hybridized carbons (Fsp3) is 0.432. The molecule has 0 radical (unpaired) electrons. The number of sulfone groups is 1. The van der Waals surface area contributed by atoms with Crippen molar-refractivity contribution >= 4 is 27.6 Å². The SMILES string of the molecule is O=C(/C=C/c1ccc(-c2ccccc2)cc1)OCCCCCCCCCCCCOc1ccc(N2CCS(=O)(=O)CC2)cc1. The lowest BCUT2D eigenvalue weighted by Crippen LogP contribution is -2.40. The van der Waals surface area contributed by atoms with Crippen molar-refractivity contribution in [3.8, 4) is 16.9 Å². The number of carbonyl (C=O) groups is 1. The summed E-state index contributed by atoms with van der Waals surface area (Å²) in [4.78, 5) is 14.1. The number of ether oxygens (including phenoxy) is 2. The Labute approximate surface area is 264 Å². The van der Waals surface area contributed by atoms with Crippen molar-refractivity contribution < 1.29 is 22.7 Å². The summed E-state index contributed by atoms with van der Waals surface area (Å²) in [7, 11) is -2.86. The molecule has 1 aliphatic heterocycles. The highest BCUT2D eigenvalue weighted by Crippen LogP contribution is 2.22. The molecule has 1 saturated heterocycles. The van der Waals surface area contributed by atoms with Gasteiger partial charge in [-0.25, -0.2) is 13.2 Å². The molecule has 0 atom stereocenters. The average molecular weight is 618 g/mol. The molecule has 4 rings (SSSR count). The minimum atomic E-state index is -2.86. The summed E-state index contributed by atoms with van der Waals surface area (Å²) in [5.74, 6) is 1.05. The van der Waals surface area contributed by atoms with E-state index in [1.165, 1.54) is 56.6 Å². The van der Waals surface area contributed by atoms with E-state index in [4.69, 9.17) is 9.47 Å². The van der Waals surface area contributed by atoms with Gasteiger partial charge in [-0.15, -0.1) is 0 Å². The molecule has 0 saturated carbocycles. The van der Waals surface area contributed by atoms with Gasteiger partial charge in [0, 0.05) is 24.9 Å². The Hall–Kier alpha value is -3.58. The molecule has 0 N–H and O–H groups in total. The van der Waals surface area contributed by atoms with E-state index in [9.17, 15) is 13.2 Å². The summed E-state index contributed by atoms with van der Waals surface area (Å²) in [5, 5.41) is 0. The summed E-state index contributed by atoms with van der Waals surface area (Å²) >= 11 is 0. The number of rotatable bonds is 18. The molecule has 236 valence electrons. The number of unbranched alkanes of at least 4 members (excludes halogenated alkanes) is 9. The van der Waals surface area contributed by atoms with Crippen LogP contribution in [0.25, 0.3) is 17.2 Å². The molecular weight excluding hydrogens is 570 g/mol. The van der Waals surface area contributed by atoms with E-state index in [0.29, 0.717) is 19.7 Å². The topological polar surface area (TPSA) is 72.9 Å². The molecule has 0 unspecified atom stereocenters. The number of anilines is 1. The van der Waals surface area contributed by atoms with Gasteiger partial charge in [0.15, 0.2) is 9.84 Å². The van der Waals surface area contributed by atoms with Crippen LogP contribution in [0.3, 0.4) is 0 Å². The van der Waals surface area contributed by atoms with E-state index in [0.717, 1.165) is 48.4 Å². The summed E-state index contributed by atoms with van der Waals surface area (Å²) in [5.41, 5.74) is 4.37. The fourth-order valence-corrected chi connectivity index (χ4v) is 6.54. The first-order valence-electron chi connectivity index (χ1n) is 16.2. The molecule has 1 fully saturated rings. The van der Waals surface area contributed by atoms with Gasteiger partial charge in [-0.2, -0.15) is 0 Å². The average Bonchev–Trinajstić information content (AvgIpc) is 3.05. The van der Waals surface area contributed by atoms with Crippen molar-refractivity contribution in [2.24, 2.45) is 0 Å². The number of hydrogen-bond donors (Lipinski definition) is 0. The second-order valence-corrected chi connectivity index (χ2v) is 13.8. The molecule has 0 aliphatic carbocycles. The van der Waals surface area contributed by atoms with E-state index in [1.807, 2.05) is 54.6 Å². The van der Waals surface area contributed by atoms with Gasteiger partial charge in [0.1, 0.15) is 5.75 Å². The first-order chi connectivity index (χ1) is 21.5. The van der Waals surface area contributed by atoms with Gasteiger partial charge in [0.05, 0.1) is 24.7 Å². The van der Waals surface area contributed by atoms with Crippen LogP contribution >= 0.6 is 0 Å². The zero-order valence-corrected chi connectivity index (χ0v) is 26.7. The van der Waals surface area contributed by atoms with Crippen LogP contribution in [-0.4, -0.2) is 52.2 Å². The molecule has 44 heavy (non-hydrogen) atoms. The second-order valence-electron chi connectivity index (χ2n) is 11.5. The van der Waals surface area contributed by atoms with Crippen LogP contribution in [-0.2, 0) is 19.4 Å². The molecule has 1 aliphatic rings. The van der Waals surface area contributed by atoms with Gasteiger partial charge >= 0.3 is 5.97 Å². The van der Waals surface area contributed by atoms with Crippen molar-refractivity contribution in [2.75, 3.05) is 42.7 Å². The predicted molar refractivity (Wildman–Crippen MR) is 181 cm³/mol. The zero-order valence-electron chi connectivity index (χ0n) is 25.9. The van der Waals surface area contributed by atoms with Crippen LogP contribution in [0, 0.1) is 0 Å². The lowest BCUT2D eigenvalue weighted by molar-refractivity contribution is -0.137. The normalized spacial score (nSPS) is 14.5. The first-order valence-corrected chi connectivity index (χ1v) is 18.0. The van der Waals surface area contributed by atoms with Crippen LogP contribution in [0.2, 0.25) is 0 Å². The first kappa shape index (κ1) is 33.3. The number of hydrogen-bond acceptors (Lipinski definition) is 6. The van der Waals surface area contributed by atoms with Crippen molar-refractivity contribution in [2.45, 2.75) is 64.2 Å². The van der Waals surface area contributed by atoms with Gasteiger partial charge in [0.25, 0.3) is 0 Å². The molecule has 0 bridgehead atoms. The van der Waals surface area contributed by atoms with E-state index < -0.39 is 9.84 Å². The number of carbonyl (C=O) groups excluding carboxylic acids is 1. The van der Waals surface area contributed by atoms with Crippen molar-refractivity contribution in [3.05, 3.63) is 90.5 Å². The summed E-state index contributed by atoms with van der Waals surface area (Å²) in [6.07, 6.45) is 15.0. The standard InChI is InChI=1S/C37H47NO5S/c39-37(25-18-32-16-19-34(20-17-32)33-14-10-9-11-15-33)43-29-13-8-6-4-2-1-3-5-7-12-28-42-36-23-21-35(22-24-36)38-26-30-44(40,41)31-27-38/h9-11,14-25H,1-8,12-13,26-31H2/b25-18+. The molecule has 0 amide bonds. The Balaban J connectivity index is 0.928. The van der Waals surface area contributed by atoms with E-state index in [-0.39, 0.29) is 17.5 Å². The number of benzene rings is 3. The smallest absolute Gasteiger partial charge is 0.330 e. The van der Waals surface area contributed by atoms with E-state index >= 15 is 0 Å². The van der Waals surface area contributed by atoms with Crippen LogP contribution in [0.4, 0.5) is 5.69 Å². The van der Waals surface area contributed by atoms with Crippen molar-refractivity contribution in [1.82, 2.24) is 0 Å². The third-order valence-corrected chi connectivity index (χ3v) is 9.64. The van der Waals surface area contributed by atoms with Gasteiger partial charge in [0.2, 0.25) is 0 Å². The third-order valence-electron chi connectivity index (χ3n) is 8.03. The van der Waals surface area contributed by atoms with E-state index in [2.05, 4.69) is 29.2 Å². The maximum Gasteiger partial charge on any atom is 0.330 e. The minimum absolute atomic E-state index is 0.232. The number of nitrogens with zero attached hydrogens (tertiary/aromatic N) is 1. The Kier molecular flexibility index (Phi) is 13.8. The largest absolute Gasteiger partial charge is 0.494 e.